The van der Waals surface area contributed by atoms with Gasteiger partial charge in [0.1, 0.15) is 5.82 Å². The Morgan fingerprint density at radius 1 is 1.37 bits per heavy atom. The quantitative estimate of drug-likeness (QED) is 0.644. The molecular formula is C12H18N6O. The Hall–Kier alpha value is -2.15. The second-order valence-corrected chi connectivity index (χ2v) is 4.61. The van der Waals surface area contributed by atoms with Gasteiger partial charge < -0.3 is 10.2 Å². The molecule has 7 nitrogen and oxygen atoms in total. The lowest BCUT2D eigenvalue weighted by atomic mass is 10.2. The largest absolute Gasteiger partial charge is 0.435 e. The van der Waals surface area contributed by atoms with Crippen LogP contribution >= 0.6 is 0 Å². The minimum absolute atomic E-state index is 0.184. The van der Waals surface area contributed by atoms with E-state index in [1.165, 1.54) is 0 Å². The van der Waals surface area contributed by atoms with Gasteiger partial charge in [0.2, 0.25) is 5.88 Å². The van der Waals surface area contributed by atoms with Crippen LogP contribution in [-0.4, -0.2) is 19.7 Å². The first-order valence-electron chi connectivity index (χ1n) is 6.03. The van der Waals surface area contributed by atoms with Crippen LogP contribution in [0.5, 0.6) is 11.6 Å². The highest BCUT2D eigenvalue weighted by Crippen LogP contribution is 2.28. The minimum Gasteiger partial charge on any atom is -0.435 e. The van der Waals surface area contributed by atoms with Gasteiger partial charge in [0.25, 0.3) is 0 Å². The van der Waals surface area contributed by atoms with Gasteiger partial charge in [-0.15, -0.1) is 0 Å². The Morgan fingerprint density at radius 2 is 2.11 bits per heavy atom. The summed E-state index contributed by atoms with van der Waals surface area (Å²) >= 11 is 0. The molecule has 0 aliphatic rings. The highest BCUT2D eigenvalue weighted by atomic mass is 16.5. The molecule has 0 amide bonds. The van der Waals surface area contributed by atoms with E-state index in [-0.39, 0.29) is 5.92 Å². The Labute approximate surface area is 111 Å². The number of ether oxygens (including phenoxy) is 1. The molecule has 2 rings (SSSR count). The summed E-state index contributed by atoms with van der Waals surface area (Å²) in [6.45, 7) is 5.88. The van der Waals surface area contributed by atoms with Crippen LogP contribution in [0.2, 0.25) is 0 Å². The van der Waals surface area contributed by atoms with Crippen LogP contribution in [-0.2, 0) is 7.05 Å². The SMILES string of the molecule is Cc1c(NN)nc(C(C)C)nc1Oc1cnn(C)c1. The number of hydrogen-bond acceptors (Lipinski definition) is 6. The molecule has 0 unspecified atom stereocenters. The summed E-state index contributed by atoms with van der Waals surface area (Å²) in [6.07, 6.45) is 3.40. The lowest BCUT2D eigenvalue weighted by Gasteiger charge is -2.13. The van der Waals surface area contributed by atoms with E-state index in [2.05, 4.69) is 20.5 Å². The molecule has 0 aromatic carbocycles. The van der Waals surface area contributed by atoms with E-state index in [4.69, 9.17) is 10.6 Å². The maximum atomic E-state index is 5.73. The smallest absolute Gasteiger partial charge is 0.227 e. The van der Waals surface area contributed by atoms with Crippen LogP contribution in [0.3, 0.4) is 0 Å². The van der Waals surface area contributed by atoms with Crippen molar-refractivity contribution in [3.8, 4) is 11.6 Å². The number of aryl methyl sites for hydroxylation is 1. The summed E-state index contributed by atoms with van der Waals surface area (Å²) in [5.41, 5.74) is 3.33. The third kappa shape index (κ3) is 2.82. The predicted octanol–water partition coefficient (Wildman–Crippen LogP) is 1.72. The first-order valence-corrected chi connectivity index (χ1v) is 6.03. The molecular weight excluding hydrogens is 244 g/mol. The third-order valence-electron chi connectivity index (χ3n) is 2.67. The first kappa shape index (κ1) is 13.3. The molecule has 0 atom stereocenters. The fraction of sp³-hybridized carbons (Fsp3) is 0.417. The topological polar surface area (TPSA) is 90.9 Å². The maximum Gasteiger partial charge on any atom is 0.227 e. The van der Waals surface area contributed by atoms with Crippen molar-refractivity contribution in [1.29, 1.82) is 0 Å². The predicted molar refractivity (Wildman–Crippen MR) is 72.0 cm³/mol. The fourth-order valence-electron chi connectivity index (χ4n) is 1.57. The summed E-state index contributed by atoms with van der Waals surface area (Å²) in [5, 5.41) is 4.05. The summed E-state index contributed by atoms with van der Waals surface area (Å²) < 4.78 is 7.40. The molecule has 0 aliphatic carbocycles. The van der Waals surface area contributed by atoms with E-state index >= 15 is 0 Å². The molecule has 102 valence electrons. The number of anilines is 1. The molecule has 0 saturated carbocycles. The number of nitrogens with zero attached hydrogens (tertiary/aromatic N) is 4. The van der Waals surface area contributed by atoms with Gasteiger partial charge in [-0.25, -0.2) is 10.8 Å². The lowest BCUT2D eigenvalue weighted by molar-refractivity contribution is 0.452. The Balaban J connectivity index is 2.40. The van der Waals surface area contributed by atoms with Crippen LogP contribution in [0.25, 0.3) is 0 Å². The molecule has 0 saturated heterocycles. The molecule has 2 aromatic heterocycles. The van der Waals surface area contributed by atoms with Crippen molar-refractivity contribution in [2.45, 2.75) is 26.7 Å². The highest BCUT2D eigenvalue weighted by Gasteiger charge is 2.14. The van der Waals surface area contributed by atoms with E-state index < -0.39 is 0 Å². The summed E-state index contributed by atoms with van der Waals surface area (Å²) in [4.78, 5) is 8.77. The van der Waals surface area contributed by atoms with Gasteiger partial charge >= 0.3 is 0 Å². The number of aromatic nitrogens is 4. The molecule has 2 heterocycles. The molecule has 2 aromatic rings. The summed E-state index contributed by atoms with van der Waals surface area (Å²) in [7, 11) is 1.83. The van der Waals surface area contributed by atoms with Crippen molar-refractivity contribution in [3.05, 3.63) is 23.8 Å². The first-order chi connectivity index (χ1) is 9.01. The zero-order valence-electron chi connectivity index (χ0n) is 11.5. The lowest BCUT2D eigenvalue weighted by Crippen LogP contribution is -2.13. The number of nitrogen functional groups attached to an aromatic ring is 1. The van der Waals surface area contributed by atoms with E-state index in [0.717, 1.165) is 5.56 Å². The Bertz CT molecular complexity index is 578. The molecule has 19 heavy (non-hydrogen) atoms. The average Bonchev–Trinajstić information content (AvgIpc) is 2.77. The average molecular weight is 262 g/mol. The highest BCUT2D eigenvalue weighted by molar-refractivity contribution is 5.48. The number of hydrogen-bond donors (Lipinski definition) is 2. The van der Waals surface area contributed by atoms with Crippen molar-refractivity contribution in [3.63, 3.8) is 0 Å². The second-order valence-electron chi connectivity index (χ2n) is 4.61. The van der Waals surface area contributed by atoms with Gasteiger partial charge in [0.05, 0.1) is 18.0 Å². The Kier molecular flexibility index (Phi) is 3.66. The van der Waals surface area contributed by atoms with Gasteiger partial charge in [-0.05, 0) is 6.92 Å². The second kappa shape index (κ2) is 5.23. The van der Waals surface area contributed by atoms with E-state index in [9.17, 15) is 0 Å². The van der Waals surface area contributed by atoms with E-state index in [1.54, 1.807) is 17.1 Å². The van der Waals surface area contributed by atoms with Crippen LogP contribution in [0.15, 0.2) is 12.4 Å². The molecule has 0 bridgehead atoms. The number of nitrogens with two attached hydrogens (primary N) is 1. The fourth-order valence-corrected chi connectivity index (χ4v) is 1.57. The van der Waals surface area contributed by atoms with Gasteiger partial charge in [-0.2, -0.15) is 10.1 Å². The molecule has 3 N–H and O–H groups in total. The van der Waals surface area contributed by atoms with Crippen molar-refractivity contribution >= 4 is 5.82 Å². The van der Waals surface area contributed by atoms with Gasteiger partial charge in [-0.3, -0.25) is 4.68 Å². The minimum atomic E-state index is 0.184. The van der Waals surface area contributed by atoms with Crippen LogP contribution in [0, 0.1) is 6.92 Å². The third-order valence-corrected chi connectivity index (χ3v) is 2.67. The maximum absolute atomic E-state index is 5.73. The van der Waals surface area contributed by atoms with Crippen molar-refractivity contribution in [2.24, 2.45) is 12.9 Å². The zero-order chi connectivity index (χ0) is 14.0. The zero-order valence-corrected chi connectivity index (χ0v) is 11.5. The molecule has 7 heteroatoms. The van der Waals surface area contributed by atoms with Crippen molar-refractivity contribution in [1.82, 2.24) is 19.7 Å². The van der Waals surface area contributed by atoms with E-state index in [1.807, 2.05) is 27.8 Å². The van der Waals surface area contributed by atoms with Crippen LogP contribution in [0.4, 0.5) is 5.82 Å². The standard InChI is InChI=1S/C12H18N6O/c1-7(2)10-15-11(17-13)8(3)12(16-10)19-9-5-14-18(4)6-9/h5-7H,13H2,1-4H3,(H,15,16,17). The molecule has 0 fully saturated rings. The molecule has 0 aliphatic heterocycles. The molecule has 0 spiro atoms. The number of rotatable bonds is 4. The van der Waals surface area contributed by atoms with E-state index in [0.29, 0.717) is 23.3 Å². The van der Waals surface area contributed by atoms with Crippen LogP contribution < -0.4 is 16.0 Å². The van der Waals surface area contributed by atoms with Gasteiger partial charge in [0.15, 0.2) is 11.6 Å². The summed E-state index contributed by atoms with van der Waals surface area (Å²) in [5.74, 6) is 8.02. The van der Waals surface area contributed by atoms with Gasteiger partial charge in [-0.1, -0.05) is 13.8 Å². The van der Waals surface area contributed by atoms with Gasteiger partial charge in [0, 0.05) is 13.0 Å². The number of nitrogens with one attached hydrogen (secondary N) is 1. The van der Waals surface area contributed by atoms with Crippen LogP contribution in [0.1, 0.15) is 31.2 Å². The monoisotopic (exact) mass is 262 g/mol. The normalized spacial score (nSPS) is 10.8. The Morgan fingerprint density at radius 3 is 2.63 bits per heavy atom. The van der Waals surface area contributed by atoms with Crippen molar-refractivity contribution in [2.75, 3.05) is 5.43 Å². The number of hydrazine groups is 1. The summed E-state index contributed by atoms with van der Waals surface area (Å²) in [6, 6.07) is 0. The van der Waals surface area contributed by atoms with Crippen molar-refractivity contribution < 1.29 is 4.74 Å². The molecule has 0 radical (unpaired) electrons.